The maximum absolute atomic E-state index is 7.24. The Hall–Kier alpha value is -6.70. The van der Waals surface area contributed by atoms with Gasteiger partial charge in [-0.1, -0.05) is 245 Å². The standard InChI is InChI=1S/C46H44BClN2OS.C46H47ClN2OS.BI3/c1-44(2,3)27-14-19-31(20-15-27)49-35-25-30(48)26-36-40(35)47(42-41(49)34-24-29(46(7,8)9)18-23-38(34)52-42)39-33-12-10-11-13-37(33)51-43(39)50(36)32-21-16-28(17-22-32)45(4,5)6;1-44(2,3)31-14-19-35(20-15-31)48(40-29-51-42-23-18-33(25-39(40)42)46(7,8)9)37-26-34(47)27-38(28-37)49(36-21-16-32(17-22-36)45(4,5)6)43-24-30-12-10-11-13-41(30)50-43;2-1(3)4/h10-26H,1-9H3;10-29H,1-9H3;. The summed E-state index contributed by atoms with van der Waals surface area (Å²) in [5.41, 5.74) is 22.8. The molecule has 6 heterocycles. The number of thiophene rings is 2. The van der Waals surface area contributed by atoms with E-state index in [2.05, 4.69) is 411 Å². The Morgan fingerprint density at radius 2 is 0.822 bits per heavy atom. The molecule has 2 aliphatic heterocycles. The van der Waals surface area contributed by atoms with Crippen molar-refractivity contribution in [2.75, 3.05) is 19.6 Å². The third-order valence-corrected chi connectivity index (χ3v) is 23.3. The van der Waals surface area contributed by atoms with E-state index in [0.29, 0.717) is 10.0 Å². The predicted octanol–water partition coefficient (Wildman–Crippen LogP) is 29.7. The molecule has 6 nitrogen and oxygen atoms in total. The Balaban J connectivity index is 0.000000171. The molecule has 107 heavy (non-hydrogen) atoms. The zero-order valence-electron chi connectivity index (χ0n) is 64.3. The molecule has 15 heteroatoms. The van der Waals surface area contributed by atoms with E-state index in [1.807, 2.05) is 35.6 Å². The average Bonchev–Trinajstić information content (AvgIpc) is 1.58. The van der Waals surface area contributed by atoms with Gasteiger partial charge in [0.25, 0.3) is 6.71 Å². The fourth-order valence-corrected chi connectivity index (χ4v) is 17.4. The van der Waals surface area contributed by atoms with Gasteiger partial charge in [-0.05, 0) is 187 Å². The van der Waals surface area contributed by atoms with Crippen molar-refractivity contribution in [2.45, 2.75) is 157 Å². The molecular formula is C92H91B2Cl2I3N4O2S2. The number of anilines is 12. The van der Waals surface area contributed by atoms with E-state index in [1.54, 1.807) is 11.3 Å². The smallest absolute Gasteiger partial charge is 0.355 e. The van der Waals surface area contributed by atoms with Crippen LogP contribution in [-0.2, 0) is 32.5 Å². The number of rotatable bonds is 8. The Morgan fingerprint density at radius 1 is 0.393 bits per heavy atom. The molecule has 544 valence electrons. The van der Waals surface area contributed by atoms with Gasteiger partial charge in [0.05, 0.1) is 17.1 Å². The van der Waals surface area contributed by atoms with Gasteiger partial charge in [0, 0.05) is 102 Å². The lowest BCUT2D eigenvalue weighted by Crippen LogP contribution is -2.60. The molecular weight excluding hydrogens is 1730 g/mol. The number of benzene rings is 10. The molecule has 0 unspecified atom stereocenters. The number of hydrogen-bond acceptors (Lipinski definition) is 8. The average molecular weight is 1820 g/mol. The monoisotopic (exact) mass is 1820 g/mol. The lowest BCUT2D eigenvalue weighted by molar-refractivity contribution is 0.590. The highest BCUT2D eigenvalue weighted by molar-refractivity contribution is 14.4. The van der Waals surface area contributed by atoms with Crippen molar-refractivity contribution in [2.24, 2.45) is 0 Å². The quantitative estimate of drug-likeness (QED) is 0.112. The van der Waals surface area contributed by atoms with Crippen molar-refractivity contribution >= 4 is 246 Å². The molecule has 4 aromatic heterocycles. The molecule has 0 N–H and O–H groups in total. The van der Waals surface area contributed by atoms with Crippen molar-refractivity contribution < 1.29 is 8.83 Å². The lowest BCUT2D eigenvalue weighted by Gasteiger charge is -2.41. The number of para-hydroxylation sites is 2. The predicted molar refractivity (Wildman–Crippen MR) is 497 cm³/mol. The van der Waals surface area contributed by atoms with Crippen LogP contribution in [0, 0.1) is 0 Å². The van der Waals surface area contributed by atoms with E-state index in [9.17, 15) is 0 Å². The van der Waals surface area contributed by atoms with Crippen LogP contribution in [0.25, 0.3) is 42.1 Å². The van der Waals surface area contributed by atoms with Gasteiger partial charge in [-0.25, -0.2) is 0 Å². The van der Waals surface area contributed by atoms with Crippen LogP contribution in [0.3, 0.4) is 0 Å². The van der Waals surface area contributed by atoms with Gasteiger partial charge in [0.2, 0.25) is 11.8 Å². The molecule has 0 saturated carbocycles. The summed E-state index contributed by atoms with van der Waals surface area (Å²) in [7, 11) is 0. The second-order valence-electron chi connectivity index (χ2n) is 34.5. The molecule has 0 bridgehead atoms. The Kier molecular flexibility index (Phi) is 21.0. The summed E-state index contributed by atoms with van der Waals surface area (Å²) in [6.45, 7) is 40.7. The van der Waals surface area contributed by atoms with Crippen molar-refractivity contribution in [3.63, 3.8) is 0 Å². The number of halogens is 5. The van der Waals surface area contributed by atoms with Crippen LogP contribution in [0.2, 0.25) is 10.0 Å². The summed E-state index contributed by atoms with van der Waals surface area (Å²) in [6, 6.07) is 79.3. The van der Waals surface area contributed by atoms with Crippen LogP contribution in [0.5, 0.6) is 0 Å². The van der Waals surface area contributed by atoms with Gasteiger partial charge in [-0.3, -0.25) is 9.80 Å². The first kappa shape index (κ1) is 77.0. The van der Waals surface area contributed by atoms with E-state index in [0.717, 1.165) is 85.2 Å². The maximum Gasteiger partial charge on any atom is 0.355 e. The number of nitrogens with zero attached hydrogens (tertiary/aromatic N) is 4. The highest BCUT2D eigenvalue weighted by Crippen LogP contribution is 2.53. The molecule has 0 fully saturated rings. The Labute approximate surface area is 692 Å². The van der Waals surface area contributed by atoms with Crippen LogP contribution in [0.15, 0.2) is 233 Å². The van der Waals surface area contributed by atoms with Gasteiger partial charge in [0.15, 0.2) is 0 Å². The zero-order chi connectivity index (χ0) is 76.4. The molecule has 0 spiro atoms. The van der Waals surface area contributed by atoms with Gasteiger partial charge < -0.3 is 18.6 Å². The van der Waals surface area contributed by atoms with E-state index in [4.69, 9.17) is 32.0 Å². The Bertz CT molecular complexity index is 5610. The van der Waals surface area contributed by atoms with Crippen LogP contribution >= 0.6 is 113 Å². The Morgan fingerprint density at radius 3 is 1.35 bits per heavy atom. The molecule has 0 amide bonds. The van der Waals surface area contributed by atoms with Gasteiger partial charge >= 0.3 is 0.282 Å². The molecule has 0 saturated heterocycles. The third-order valence-electron chi connectivity index (χ3n) is 20.7. The number of fused-ring (bicyclic) bond motifs is 10. The fourth-order valence-electron chi connectivity index (χ4n) is 14.7. The maximum atomic E-state index is 7.24. The number of furan rings is 2. The highest BCUT2D eigenvalue weighted by Gasteiger charge is 2.48. The summed E-state index contributed by atoms with van der Waals surface area (Å²) in [6.07, 6.45) is 0. The minimum Gasteiger partial charge on any atom is -0.440 e. The topological polar surface area (TPSA) is 39.2 Å². The van der Waals surface area contributed by atoms with Crippen molar-refractivity contribution in [3.05, 3.63) is 267 Å². The number of hydrogen-bond donors (Lipinski definition) is 0. The van der Waals surface area contributed by atoms with Crippen molar-refractivity contribution in [1.82, 2.24) is 0 Å². The largest absolute Gasteiger partial charge is 0.440 e. The summed E-state index contributed by atoms with van der Waals surface area (Å²) in [5, 5.41) is 8.30. The molecule has 14 aromatic rings. The summed E-state index contributed by atoms with van der Waals surface area (Å²) in [4.78, 5) is 9.32. The first-order chi connectivity index (χ1) is 50.4. The van der Waals surface area contributed by atoms with Crippen LogP contribution in [-0.4, -0.2) is 6.99 Å². The molecule has 16 rings (SSSR count). The van der Waals surface area contributed by atoms with E-state index < -0.39 is 0 Å². The van der Waals surface area contributed by atoms with E-state index >= 15 is 0 Å². The van der Waals surface area contributed by atoms with Crippen LogP contribution < -0.4 is 35.3 Å². The lowest BCUT2D eigenvalue weighted by atomic mass is 9.36. The summed E-state index contributed by atoms with van der Waals surface area (Å²) >= 11 is 25.0. The van der Waals surface area contributed by atoms with E-state index in [1.165, 1.54) is 74.9 Å². The minimum absolute atomic E-state index is 0.00700. The van der Waals surface area contributed by atoms with Gasteiger partial charge in [0.1, 0.15) is 11.2 Å². The second-order valence-corrected chi connectivity index (χ2v) is 48.3. The van der Waals surface area contributed by atoms with Gasteiger partial charge in [-0.2, -0.15) is 0 Å². The molecule has 0 atom stereocenters. The summed E-state index contributed by atoms with van der Waals surface area (Å²) < 4.78 is 18.1. The SMILES string of the molecule is CC(C)(C)c1ccc(N(c2cc(Cl)cc(N(c3ccc(C(C)(C)C)cc3)c3csc4ccc(C(C)(C)C)cc34)c2)c2cc3ccccc3o2)cc1.CC(C)(C)c1ccc(N2c3cc(Cl)cc4c3B(c3sc5ccc(C(C)(C)C)cc5c3N4c3ccc(C(C)(C)C)cc3)c3c2oc2ccccc32)cc1.IB(I)I. The second kappa shape index (κ2) is 29.2. The highest BCUT2D eigenvalue weighted by atomic mass is 127. The normalized spacial score (nSPS) is 13.1. The van der Waals surface area contributed by atoms with Crippen molar-refractivity contribution in [1.29, 1.82) is 0 Å². The molecule has 10 aromatic carbocycles. The minimum atomic E-state index is -0.0402. The summed E-state index contributed by atoms with van der Waals surface area (Å²) in [5.74, 6) is 1.59. The van der Waals surface area contributed by atoms with Crippen LogP contribution in [0.1, 0.15) is 158 Å². The molecule has 0 aliphatic carbocycles. The third kappa shape index (κ3) is 15.5. The van der Waals surface area contributed by atoms with Gasteiger partial charge in [-0.15, -0.1) is 89.8 Å². The molecule has 0 radical (unpaired) electrons. The molecule has 2 aliphatic rings. The van der Waals surface area contributed by atoms with Crippen molar-refractivity contribution in [3.8, 4) is 0 Å². The zero-order valence-corrected chi connectivity index (χ0v) is 73.9. The fraction of sp³-hybridized carbons (Fsp3) is 0.261. The first-order valence-corrected chi connectivity index (χ1v) is 42.9. The van der Waals surface area contributed by atoms with E-state index in [-0.39, 0.29) is 39.2 Å². The first-order valence-electron chi connectivity index (χ1n) is 36.7. The van der Waals surface area contributed by atoms with Crippen LogP contribution in [0.4, 0.5) is 68.6 Å².